The van der Waals surface area contributed by atoms with Crippen molar-refractivity contribution in [1.29, 1.82) is 0 Å². The predicted molar refractivity (Wildman–Crippen MR) is 29.3 cm³/mol. The van der Waals surface area contributed by atoms with Crippen LogP contribution in [0.1, 0.15) is 6.92 Å². The van der Waals surface area contributed by atoms with Gasteiger partial charge in [-0.3, -0.25) is 9.68 Å². The fraction of sp³-hybridized carbons (Fsp3) is 0.800. The molecule has 1 rings (SSSR count). The van der Waals surface area contributed by atoms with Gasteiger partial charge in [-0.1, -0.05) is 5.23 Å². The first kappa shape index (κ1) is 6.67. The number of hydrogen-bond donors (Lipinski definition) is 0. The molecule has 4 nitrogen and oxygen atoms in total. The Hall–Kier alpha value is -0.450. The second-order valence-electron chi connectivity index (χ2n) is 1.83. The van der Waals surface area contributed by atoms with Gasteiger partial charge in [-0.2, -0.15) is 0 Å². The van der Waals surface area contributed by atoms with Crippen LogP contribution in [0.5, 0.6) is 0 Å². The molecule has 52 valence electrons. The smallest absolute Gasteiger partial charge is 0.141 e. The maximum Gasteiger partial charge on any atom is 0.141 e. The minimum absolute atomic E-state index is 0.299. The molecule has 0 aromatic rings. The van der Waals surface area contributed by atoms with Gasteiger partial charge in [0.15, 0.2) is 0 Å². The maximum absolute atomic E-state index is 10.1. The van der Waals surface area contributed by atoms with Crippen LogP contribution in [0.3, 0.4) is 0 Å². The Morgan fingerprint density at radius 1 is 1.56 bits per heavy atom. The van der Waals surface area contributed by atoms with Crippen LogP contribution in [0.2, 0.25) is 0 Å². The summed E-state index contributed by atoms with van der Waals surface area (Å²) >= 11 is 0. The molecule has 1 aliphatic heterocycles. The van der Waals surface area contributed by atoms with E-state index in [4.69, 9.17) is 9.68 Å². The van der Waals surface area contributed by atoms with E-state index in [0.29, 0.717) is 13.2 Å². The van der Waals surface area contributed by atoms with Crippen LogP contribution in [-0.4, -0.2) is 30.8 Å². The number of nitrogens with zero attached hydrogens (tertiary/aromatic N) is 1. The van der Waals surface area contributed by atoms with Gasteiger partial charge in [0.1, 0.15) is 12.3 Å². The summed E-state index contributed by atoms with van der Waals surface area (Å²) in [5.74, 6) is 0. The number of rotatable bonds is 2. The second kappa shape index (κ2) is 2.91. The SMILES string of the molecule is CC(C=O)N1OCCO1. The van der Waals surface area contributed by atoms with E-state index in [1.165, 1.54) is 5.23 Å². The van der Waals surface area contributed by atoms with Crippen molar-refractivity contribution in [3.8, 4) is 0 Å². The topological polar surface area (TPSA) is 38.8 Å². The van der Waals surface area contributed by atoms with Gasteiger partial charge in [0.25, 0.3) is 0 Å². The molecule has 1 aliphatic rings. The Labute approximate surface area is 53.2 Å². The molecular weight excluding hydrogens is 122 g/mol. The lowest BCUT2D eigenvalue weighted by molar-refractivity contribution is -0.311. The van der Waals surface area contributed by atoms with E-state index in [9.17, 15) is 4.79 Å². The molecule has 1 fully saturated rings. The van der Waals surface area contributed by atoms with E-state index < -0.39 is 0 Å². The molecule has 1 saturated heterocycles. The average Bonchev–Trinajstić information content (AvgIpc) is 2.37. The molecule has 0 bridgehead atoms. The maximum atomic E-state index is 10.1. The zero-order valence-corrected chi connectivity index (χ0v) is 5.24. The Morgan fingerprint density at radius 3 is 2.56 bits per heavy atom. The van der Waals surface area contributed by atoms with Crippen molar-refractivity contribution in [2.75, 3.05) is 13.2 Å². The van der Waals surface area contributed by atoms with Crippen molar-refractivity contribution >= 4 is 6.29 Å². The number of carbonyl (C=O) groups is 1. The van der Waals surface area contributed by atoms with Gasteiger partial charge in [-0.25, -0.2) is 0 Å². The molecule has 0 aliphatic carbocycles. The van der Waals surface area contributed by atoms with Crippen molar-refractivity contribution in [1.82, 2.24) is 5.23 Å². The Morgan fingerprint density at radius 2 is 2.11 bits per heavy atom. The zero-order valence-electron chi connectivity index (χ0n) is 5.24. The third-order valence-corrected chi connectivity index (χ3v) is 1.05. The first-order chi connectivity index (χ1) is 4.34. The van der Waals surface area contributed by atoms with E-state index >= 15 is 0 Å². The average molecular weight is 131 g/mol. The van der Waals surface area contributed by atoms with Crippen LogP contribution < -0.4 is 0 Å². The van der Waals surface area contributed by atoms with E-state index in [-0.39, 0.29) is 6.04 Å². The highest BCUT2D eigenvalue weighted by molar-refractivity contribution is 5.56. The van der Waals surface area contributed by atoms with E-state index in [1.807, 2.05) is 0 Å². The molecular formula is C5H9NO3. The summed E-state index contributed by atoms with van der Waals surface area (Å²) in [6.07, 6.45) is 0.769. The van der Waals surface area contributed by atoms with Crippen molar-refractivity contribution < 1.29 is 14.5 Å². The van der Waals surface area contributed by atoms with Gasteiger partial charge in [-0.15, -0.1) is 0 Å². The van der Waals surface area contributed by atoms with Gasteiger partial charge in [0.05, 0.1) is 13.2 Å². The molecule has 9 heavy (non-hydrogen) atoms. The van der Waals surface area contributed by atoms with Crippen LogP contribution in [0.25, 0.3) is 0 Å². The van der Waals surface area contributed by atoms with Crippen LogP contribution in [-0.2, 0) is 14.5 Å². The quantitative estimate of drug-likeness (QED) is 0.484. The van der Waals surface area contributed by atoms with Gasteiger partial charge in [0, 0.05) is 0 Å². The van der Waals surface area contributed by atoms with Crippen molar-refractivity contribution in [3.05, 3.63) is 0 Å². The van der Waals surface area contributed by atoms with Gasteiger partial charge in [0.2, 0.25) is 0 Å². The molecule has 4 heteroatoms. The minimum atomic E-state index is -0.299. The fourth-order valence-electron chi connectivity index (χ4n) is 0.577. The standard InChI is InChI=1S/C5H9NO3/c1-5(4-7)6-8-2-3-9-6/h4-5H,2-3H2,1H3. The highest BCUT2D eigenvalue weighted by Crippen LogP contribution is 2.04. The molecule has 0 amide bonds. The van der Waals surface area contributed by atoms with Gasteiger partial charge < -0.3 is 4.79 Å². The highest BCUT2D eigenvalue weighted by Gasteiger charge is 2.19. The van der Waals surface area contributed by atoms with Gasteiger partial charge >= 0.3 is 0 Å². The van der Waals surface area contributed by atoms with E-state index in [0.717, 1.165) is 6.29 Å². The Kier molecular flexibility index (Phi) is 2.16. The Bertz CT molecular complexity index is 100. The third kappa shape index (κ3) is 1.48. The molecule has 0 N–H and O–H groups in total. The molecule has 1 unspecified atom stereocenters. The monoisotopic (exact) mass is 131 g/mol. The summed E-state index contributed by atoms with van der Waals surface area (Å²) < 4.78 is 0. The molecule has 0 aromatic heterocycles. The summed E-state index contributed by atoms with van der Waals surface area (Å²) in [4.78, 5) is 19.9. The lowest BCUT2D eigenvalue weighted by Gasteiger charge is -2.13. The van der Waals surface area contributed by atoms with E-state index in [2.05, 4.69) is 0 Å². The highest BCUT2D eigenvalue weighted by atomic mass is 17.0. The van der Waals surface area contributed by atoms with Crippen LogP contribution in [0.15, 0.2) is 0 Å². The predicted octanol–water partition coefficient (Wildman–Crippen LogP) is -0.247. The largest absolute Gasteiger partial charge is 0.301 e. The summed E-state index contributed by atoms with van der Waals surface area (Å²) in [6, 6.07) is -0.299. The number of aldehydes is 1. The summed E-state index contributed by atoms with van der Waals surface area (Å²) in [5, 5.41) is 1.22. The molecule has 0 aromatic carbocycles. The first-order valence-electron chi connectivity index (χ1n) is 2.85. The number of carbonyl (C=O) groups excluding carboxylic acids is 1. The minimum Gasteiger partial charge on any atom is -0.301 e. The summed E-state index contributed by atoms with van der Waals surface area (Å²) in [7, 11) is 0. The third-order valence-electron chi connectivity index (χ3n) is 1.05. The molecule has 1 atom stereocenters. The zero-order chi connectivity index (χ0) is 6.69. The van der Waals surface area contributed by atoms with Crippen LogP contribution in [0, 0.1) is 0 Å². The van der Waals surface area contributed by atoms with Crippen molar-refractivity contribution in [2.24, 2.45) is 0 Å². The Balaban J connectivity index is 2.32. The summed E-state index contributed by atoms with van der Waals surface area (Å²) in [6.45, 7) is 2.79. The number of hydrogen-bond acceptors (Lipinski definition) is 4. The fourth-order valence-corrected chi connectivity index (χ4v) is 0.577. The van der Waals surface area contributed by atoms with E-state index in [1.54, 1.807) is 6.92 Å². The van der Waals surface area contributed by atoms with Gasteiger partial charge in [-0.05, 0) is 6.92 Å². The molecule has 0 saturated carbocycles. The molecule has 1 heterocycles. The van der Waals surface area contributed by atoms with Crippen molar-refractivity contribution in [3.63, 3.8) is 0 Å². The summed E-state index contributed by atoms with van der Waals surface area (Å²) in [5.41, 5.74) is 0. The first-order valence-corrected chi connectivity index (χ1v) is 2.85. The molecule has 0 spiro atoms. The van der Waals surface area contributed by atoms with Crippen molar-refractivity contribution in [2.45, 2.75) is 13.0 Å². The second-order valence-corrected chi connectivity index (χ2v) is 1.83. The van der Waals surface area contributed by atoms with Crippen LogP contribution in [0.4, 0.5) is 0 Å². The normalized spacial score (nSPS) is 24.1. The van der Waals surface area contributed by atoms with Crippen LogP contribution >= 0.6 is 0 Å². The number of hydroxylamine groups is 2. The lowest BCUT2D eigenvalue weighted by atomic mass is 10.4. The lowest BCUT2D eigenvalue weighted by Crippen LogP contribution is -2.28. The molecule has 0 radical (unpaired) electrons.